The number of benzene rings is 1. The van der Waals surface area contributed by atoms with Gasteiger partial charge in [-0.05, 0) is 25.1 Å². The van der Waals surface area contributed by atoms with Gasteiger partial charge in [0.05, 0.1) is 12.0 Å². The Labute approximate surface area is 160 Å². The molecule has 0 saturated heterocycles. The molecule has 7 heteroatoms. The fourth-order valence-electron chi connectivity index (χ4n) is 2.27. The zero-order valence-electron chi connectivity index (χ0n) is 14.8. The molecule has 3 rings (SSSR count). The van der Waals surface area contributed by atoms with Crippen molar-refractivity contribution < 1.29 is 14.0 Å². The molecule has 0 unspecified atom stereocenters. The van der Waals surface area contributed by atoms with E-state index in [9.17, 15) is 9.59 Å². The molecule has 2 heterocycles. The van der Waals surface area contributed by atoms with Crippen molar-refractivity contribution in [1.82, 2.24) is 10.3 Å². The Balaban J connectivity index is 1.43. The molecule has 0 aliphatic rings. The highest BCUT2D eigenvalue weighted by molar-refractivity contribution is 7.14. The average Bonchev–Trinajstić information content (AvgIpc) is 3.32. The standard InChI is InChI=1S/C20H19N3O3S/c1-14-4-6-15(7-5-14)17-13-27-20(22-17)23-19(25)10-11-21-18(24)9-8-16-3-2-12-26-16/h2-9,12-13H,10-11H2,1H3,(H,21,24)(H,22,23,25)/b9-8+. The third kappa shape index (κ3) is 5.65. The second-order valence-electron chi connectivity index (χ2n) is 5.84. The number of hydrogen-bond acceptors (Lipinski definition) is 5. The summed E-state index contributed by atoms with van der Waals surface area (Å²) >= 11 is 1.37. The fourth-order valence-corrected chi connectivity index (χ4v) is 3.01. The molecule has 0 radical (unpaired) electrons. The summed E-state index contributed by atoms with van der Waals surface area (Å²) < 4.78 is 5.10. The summed E-state index contributed by atoms with van der Waals surface area (Å²) in [6.07, 6.45) is 4.63. The Morgan fingerprint density at radius 2 is 2.04 bits per heavy atom. The first-order valence-electron chi connectivity index (χ1n) is 8.42. The molecule has 0 aliphatic carbocycles. The first-order chi connectivity index (χ1) is 13.1. The quantitative estimate of drug-likeness (QED) is 0.609. The van der Waals surface area contributed by atoms with Crippen LogP contribution in [0.2, 0.25) is 0 Å². The van der Waals surface area contributed by atoms with Gasteiger partial charge in [-0.2, -0.15) is 0 Å². The van der Waals surface area contributed by atoms with Gasteiger partial charge in [0.2, 0.25) is 11.8 Å². The molecule has 2 amide bonds. The van der Waals surface area contributed by atoms with Crippen molar-refractivity contribution in [3.05, 3.63) is 65.4 Å². The van der Waals surface area contributed by atoms with E-state index < -0.39 is 0 Å². The molecule has 3 aromatic rings. The highest BCUT2D eigenvalue weighted by Crippen LogP contribution is 2.25. The number of rotatable bonds is 7. The van der Waals surface area contributed by atoms with Gasteiger partial charge in [-0.3, -0.25) is 9.59 Å². The number of nitrogens with zero attached hydrogens (tertiary/aromatic N) is 1. The third-order valence-electron chi connectivity index (χ3n) is 3.69. The summed E-state index contributed by atoms with van der Waals surface area (Å²) in [7, 11) is 0. The largest absolute Gasteiger partial charge is 0.465 e. The number of furan rings is 1. The molecule has 138 valence electrons. The van der Waals surface area contributed by atoms with Crippen LogP contribution >= 0.6 is 11.3 Å². The SMILES string of the molecule is Cc1ccc(-c2csc(NC(=O)CCNC(=O)/C=C/c3ccco3)n2)cc1. The van der Waals surface area contributed by atoms with Crippen LogP contribution in [-0.2, 0) is 9.59 Å². The van der Waals surface area contributed by atoms with Gasteiger partial charge >= 0.3 is 0 Å². The van der Waals surface area contributed by atoms with Crippen LogP contribution in [0, 0.1) is 6.92 Å². The number of aromatic nitrogens is 1. The number of hydrogen-bond donors (Lipinski definition) is 2. The van der Waals surface area contributed by atoms with Crippen LogP contribution in [0.5, 0.6) is 0 Å². The molecule has 27 heavy (non-hydrogen) atoms. The van der Waals surface area contributed by atoms with Crippen molar-refractivity contribution in [2.24, 2.45) is 0 Å². The van der Waals surface area contributed by atoms with Gasteiger partial charge in [0, 0.05) is 30.0 Å². The van der Waals surface area contributed by atoms with E-state index >= 15 is 0 Å². The zero-order valence-corrected chi connectivity index (χ0v) is 15.6. The van der Waals surface area contributed by atoms with Gasteiger partial charge in [-0.25, -0.2) is 4.98 Å². The highest BCUT2D eigenvalue weighted by atomic mass is 32.1. The molecule has 0 atom stereocenters. The lowest BCUT2D eigenvalue weighted by Crippen LogP contribution is -2.26. The average molecular weight is 381 g/mol. The molecular weight excluding hydrogens is 362 g/mol. The van der Waals surface area contributed by atoms with Gasteiger partial charge in [-0.1, -0.05) is 29.8 Å². The van der Waals surface area contributed by atoms with E-state index in [0.717, 1.165) is 11.3 Å². The van der Waals surface area contributed by atoms with E-state index in [1.165, 1.54) is 29.2 Å². The van der Waals surface area contributed by atoms with Crippen LogP contribution in [0.4, 0.5) is 5.13 Å². The van der Waals surface area contributed by atoms with E-state index in [1.807, 2.05) is 36.6 Å². The maximum absolute atomic E-state index is 12.0. The third-order valence-corrected chi connectivity index (χ3v) is 4.45. The lowest BCUT2D eigenvalue weighted by Gasteiger charge is -2.03. The van der Waals surface area contributed by atoms with Crippen molar-refractivity contribution >= 4 is 34.4 Å². The van der Waals surface area contributed by atoms with E-state index in [2.05, 4.69) is 15.6 Å². The summed E-state index contributed by atoms with van der Waals surface area (Å²) in [6.45, 7) is 2.27. The van der Waals surface area contributed by atoms with Crippen molar-refractivity contribution in [3.8, 4) is 11.3 Å². The van der Waals surface area contributed by atoms with E-state index in [0.29, 0.717) is 10.9 Å². The molecule has 0 aliphatic heterocycles. The Morgan fingerprint density at radius 3 is 2.78 bits per heavy atom. The second kappa shape index (κ2) is 8.95. The maximum Gasteiger partial charge on any atom is 0.244 e. The lowest BCUT2D eigenvalue weighted by molar-refractivity contribution is -0.117. The smallest absolute Gasteiger partial charge is 0.244 e. The molecule has 0 saturated carbocycles. The van der Waals surface area contributed by atoms with Crippen molar-refractivity contribution in [2.45, 2.75) is 13.3 Å². The molecule has 1 aromatic carbocycles. The number of aryl methyl sites for hydroxylation is 1. The minimum Gasteiger partial charge on any atom is -0.465 e. The van der Waals surface area contributed by atoms with Gasteiger partial charge in [0.15, 0.2) is 5.13 Å². The number of carbonyl (C=O) groups is 2. The molecule has 2 aromatic heterocycles. The fraction of sp³-hybridized carbons (Fsp3) is 0.150. The van der Waals surface area contributed by atoms with Crippen LogP contribution in [0.15, 0.2) is 58.5 Å². The number of thiazole rings is 1. The molecule has 0 fully saturated rings. The second-order valence-corrected chi connectivity index (χ2v) is 6.70. The van der Waals surface area contributed by atoms with Crippen LogP contribution in [0.1, 0.15) is 17.7 Å². The van der Waals surface area contributed by atoms with E-state index in [-0.39, 0.29) is 24.8 Å². The zero-order chi connectivity index (χ0) is 19.1. The number of amides is 2. The lowest BCUT2D eigenvalue weighted by atomic mass is 10.1. The number of anilines is 1. The topological polar surface area (TPSA) is 84.2 Å². The van der Waals surface area contributed by atoms with Crippen LogP contribution < -0.4 is 10.6 Å². The first kappa shape index (κ1) is 18.6. The summed E-state index contributed by atoms with van der Waals surface area (Å²) in [5.41, 5.74) is 3.02. The number of nitrogens with one attached hydrogen (secondary N) is 2. The first-order valence-corrected chi connectivity index (χ1v) is 9.30. The van der Waals surface area contributed by atoms with Crippen molar-refractivity contribution in [1.29, 1.82) is 0 Å². The van der Waals surface area contributed by atoms with Crippen molar-refractivity contribution in [3.63, 3.8) is 0 Å². The van der Waals surface area contributed by atoms with Crippen LogP contribution in [0.25, 0.3) is 17.3 Å². The maximum atomic E-state index is 12.0. The predicted molar refractivity (Wildman–Crippen MR) is 106 cm³/mol. The van der Waals surface area contributed by atoms with Gasteiger partial charge in [0.25, 0.3) is 0 Å². The number of carbonyl (C=O) groups excluding carboxylic acids is 2. The Kier molecular flexibility index (Phi) is 6.17. The minimum absolute atomic E-state index is 0.166. The predicted octanol–water partition coefficient (Wildman–Crippen LogP) is 3.87. The Bertz CT molecular complexity index is 928. The van der Waals surface area contributed by atoms with Crippen LogP contribution in [-0.4, -0.2) is 23.3 Å². The van der Waals surface area contributed by atoms with Crippen LogP contribution in [0.3, 0.4) is 0 Å². The summed E-state index contributed by atoms with van der Waals surface area (Å²) in [4.78, 5) is 28.1. The van der Waals surface area contributed by atoms with E-state index in [4.69, 9.17) is 4.42 Å². The summed E-state index contributed by atoms with van der Waals surface area (Å²) in [5.74, 6) is 0.112. The monoisotopic (exact) mass is 381 g/mol. The molecule has 6 nitrogen and oxygen atoms in total. The molecule has 0 bridgehead atoms. The highest BCUT2D eigenvalue weighted by Gasteiger charge is 2.08. The van der Waals surface area contributed by atoms with E-state index in [1.54, 1.807) is 18.2 Å². The van der Waals surface area contributed by atoms with Gasteiger partial charge in [-0.15, -0.1) is 11.3 Å². The van der Waals surface area contributed by atoms with Gasteiger partial charge in [0.1, 0.15) is 5.76 Å². The summed E-state index contributed by atoms with van der Waals surface area (Å²) in [5, 5.41) is 7.85. The molecule has 2 N–H and O–H groups in total. The Hall–Kier alpha value is -3.19. The van der Waals surface area contributed by atoms with Crippen molar-refractivity contribution in [2.75, 3.05) is 11.9 Å². The minimum atomic E-state index is -0.282. The Morgan fingerprint density at radius 1 is 1.22 bits per heavy atom. The normalized spacial score (nSPS) is 10.9. The molecular formula is C20H19N3O3S. The molecule has 0 spiro atoms. The summed E-state index contributed by atoms with van der Waals surface area (Å²) in [6, 6.07) is 11.5. The van der Waals surface area contributed by atoms with Gasteiger partial charge < -0.3 is 15.1 Å².